The second-order valence-electron chi connectivity index (χ2n) is 4.12. The number of hydrogen-bond donors (Lipinski definition) is 1. The number of methoxy groups -OCH3 is 1. The first kappa shape index (κ1) is 13.4. The summed E-state index contributed by atoms with van der Waals surface area (Å²) >= 11 is 0. The quantitative estimate of drug-likeness (QED) is 0.840. The second-order valence-corrected chi connectivity index (χ2v) is 4.12. The van der Waals surface area contributed by atoms with Crippen molar-refractivity contribution in [1.29, 1.82) is 0 Å². The van der Waals surface area contributed by atoms with Gasteiger partial charge in [0.2, 0.25) is 5.76 Å². The Hall–Kier alpha value is -2.01. The van der Waals surface area contributed by atoms with Crippen molar-refractivity contribution in [3.8, 4) is 0 Å². The fourth-order valence-corrected chi connectivity index (χ4v) is 1.98. The molecular formula is C14H17NO4. The summed E-state index contributed by atoms with van der Waals surface area (Å²) in [7, 11) is 1.33. The first-order valence-electron chi connectivity index (χ1n) is 6.12. The average molecular weight is 263 g/mol. The largest absolute Gasteiger partial charge is 0.469 e. The van der Waals surface area contributed by atoms with E-state index >= 15 is 0 Å². The molecule has 0 fully saturated rings. The summed E-state index contributed by atoms with van der Waals surface area (Å²) in [5.74, 6) is 1.20. The monoisotopic (exact) mass is 263 g/mol. The summed E-state index contributed by atoms with van der Waals surface area (Å²) in [6.45, 7) is 4.67. The van der Waals surface area contributed by atoms with Crippen LogP contribution in [-0.4, -0.2) is 19.6 Å². The van der Waals surface area contributed by atoms with Gasteiger partial charge in [-0.25, -0.2) is 4.79 Å². The van der Waals surface area contributed by atoms with Gasteiger partial charge in [0.05, 0.1) is 19.4 Å². The topological polar surface area (TPSA) is 64.6 Å². The zero-order valence-electron chi connectivity index (χ0n) is 11.2. The fraction of sp³-hybridized carbons (Fsp3) is 0.357. The Balaban J connectivity index is 2.32. The van der Waals surface area contributed by atoms with Gasteiger partial charge in [-0.15, -0.1) is 0 Å². The van der Waals surface area contributed by atoms with Crippen molar-refractivity contribution < 1.29 is 18.4 Å². The molecule has 102 valence electrons. The maximum Gasteiger partial charge on any atom is 0.373 e. The van der Waals surface area contributed by atoms with Crippen molar-refractivity contribution in [2.24, 2.45) is 0 Å². The van der Waals surface area contributed by atoms with Crippen LogP contribution < -0.4 is 5.32 Å². The number of esters is 1. The van der Waals surface area contributed by atoms with E-state index in [-0.39, 0.29) is 11.8 Å². The van der Waals surface area contributed by atoms with Crippen LogP contribution in [0.4, 0.5) is 0 Å². The molecule has 0 spiro atoms. The van der Waals surface area contributed by atoms with Crippen LogP contribution in [-0.2, 0) is 4.74 Å². The molecule has 5 nitrogen and oxygen atoms in total. The highest BCUT2D eigenvalue weighted by molar-refractivity contribution is 5.86. The van der Waals surface area contributed by atoms with Gasteiger partial charge in [0, 0.05) is 5.56 Å². The van der Waals surface area contributed by atoms with E-state index in [0.29, 0.717) is 5.76 Å². The van der Waals surface area contributed by atoms with Crippen molar-refractivity contribution in [3.05, 3.63) is 47.3 Å². The highest BCUT2D eigenvalue weighted by Gasteiger charge is 2.22. The lowest BCUT2D eigenvalue weighted by Gasteiger charge is -2.14. The van der Waals surface area contributed by atoms with Gasteiger partial charge in [-0.1, -0.05) is 6.92 Å². The molecule has 2 aromatic heterocycles. The Kier molecular flexibility index (Phi) is 4.06. The van der Waals surface area contributed by atoms with Crippen LogP contribution in [0.2, 0.25) is 0 Å². The van der Waals surface area contributed by atoms with Gasteiger partial charge in [0.1, 0.15) is 11.5 Å². The molecule has 1 atom stereocenters. The lowest BCUT2D eigenvalue weighted by molar-refractivity contribution is 0.0562. The number of hydrogen-bond acceptors (Lipinski definition) is 5. The second kappa shape index (κ2) is 5.75. The third-order valence-electron chi connectivity index (χ3n) is 2.92. The summed E-state index contributed by atoms with van der Waals surface area (Å²) in [4.78, 5) is 11.4. The average Bonchev–Trinajstić information content (AvgIpc) is 3.04. The van der Waals surface area contributed by atoms with E-state index in [1.807, 2.05) is 19.9 Å². The highest BCUT2D eigenvalue weighted by Crippen LogP contribution is 2.27. The van der Waals surface area contributed by atoms with Crippen molar-refractivity contribution in [2.75, 3.05) is 13.7 Å². The number of nitrogens with one attached hydrogen (secondary N) is 1. The molecular weight excluding hydrogens is 246 g/mol. The number of furan rings is 2. The van der Waals surface area contributed by atoms with Crippen LogP contribution >= 0.6 is 0 Å². The molecule has 0 aliphatic carbocycles. The van der Waals surface area contributed by atoms with Crippen molar-refractivity contribution >= 4 is 5.97 Å². The van der Waals surface area contributed by atoms with Gasteiger partial charge in [-0.3, -0.25) is 0 Å². The minimum Gasteiger partial charge on any atom is -0.469 e. The molecule has 19 heavy (non-hydrogen) atoms. The SMILES string of the molecule is CCNC(c1ccc(C(=O)OC)o1)c1ccoc1C. The van der Waals surface area contributed by atoms with Crippen LogP contribution in [0.25, 0.3) is 0 Å². The summed E-state index contributed by atoms with van der Waals surface area (Å²) in [6, 6.07) is 5.14. The van der Waals surface area contributed by atoms with Crippen molar-refractivity contribution in [2.45, 2.75) is 19.9 Å². The molecule has 5 heteroatoms. The number of carbonyl (C=O) groups is 1. The zero-order valence-corrected chi connectivity index (χ0v) is 11.2. The van der Waals surface area contributed by atoms with Crippen LogP contribution in [0, 0.1) is 6.92 Å². The molecule has 1 N–H and O–H groups in total. The fourth-order valence-electron chi connectivity index (χ4n) is 1.98. The minimum absolute atomic E-state index is 0.137. The van der Waals surface area contributed by atoms with Gasteiger partial charge in [0.15, 0.2) is 0 Å². The Morgan fingerprint density at radius 3 is 2.79 bits per heavy atom. The lowest BCUT2D eigenvalue weighted by Crippen LogP contribution is -2.21. The maximum absolute atomic E-state index is 11.4. The molecule has 0 radical (unpaired) electrons. The molecule has 0 amide bonds. The predicted octanol–water partition coefficient (Wildman–Crippen LogP) is 2.67. The van der Waals surface area contributed by atoms with Crippen LogP contribution in [0.1, 0.15) is 40.6 Å². The van der Waals surface area contributed by atoms with Crippen molar-refractivity contribution in [3.63, 3.8) is 0 Å². The molecule has 0 aliphatic rings. The van der Waals surface area contributed by atoms with Crippen LogP contribution in [0.5, 0.6) is 0 Å². The van der Waals surface area contributed by atoms with E-state index in [2.05, 4.69) is 10.1 Å². The van der Waals surface area contributed by atoms with Gasteiger partial charge in [-0.2, -0.15) is 0 Å². The Morgan fingerprint density at radius 2 is 2.21 bits per heavy atom. The summed E-state index contributed by atoms with van der Waals surface area (Å²) in [5, 5.41) is 3.31. The first-order chi connectivity index (χ1) is 9.17. The Morgan fingerprint density at radius 1 is 1.42 bits per heavy atom. The van der Waals surface area contributed by atoms with E-state index in [1.54, 1.807) is 18.4 Å². The minimum atomic E-state index is -0.481. The number of ether oxygens (including phenoxy) is 1. The maximum atomic E-state index is 11.4. The normalized spacial score (nSPS) is 12.4. The van der Waals surface area contributed by atoms with E-state index in [1.165, 1.54) is 7.11 Å². The standard InChI is InChI=1S/C14H17NO4/c1-4-15-13(10-7-8-18-9(10)2)11-5-6-12(19-11)14(16)17-3/h5-8,13,15H,4H2,1-3H3. The van der Waals surface area contributed by atoms with E-state index in [9.17, 15) is 4.79 Å². The highest BCUT2D eigenvalue weighted by atomic mass is 16.5. The van der Waals surface area contributed by atoms with Crippen molar-refractivity contribution in [1.82, 2.24) is 5.32 Å². The third kappa shape index (κ3) is 2.71. The molecule has 0 bridgehead atoms. The first-order valence-corrected chi connectivity index (χ1v) is 6.12. The smallest absolute Gasteiger partial charge is 0.373 e. The molecule has 0 saturated heterocycles. The molecule has 2 aromatic rings. The predicted molar refractivity (Wildman–Crippen MR) is 69.0 cm³/mol. The van der Waals surface area contributed by atoms with Gasteiger partial charge >= 0.3 is 5.97 Å². The number of carbonyl (C=O) groups excluding carboxylic acids is 1. The van der Waals surface area contributed by atoms with E-state index < -0.39 is 5.97 Å². The molecule has 0 aromatic carbocycles. The van der Waals surface area contributed by atoms with Gasteiger partial charge in [0.25, 0.3) is 0 Å². The molecule has 0 aliphatic heterocycles. The molecule has 0 saturated carbocycles. The lowest BCUT2D eigenvalue weighted by atomic mass is 10.1. The summed E-state index contributed by atoms with van der Waals surface area (Å²) in [5.41, 5.74) is 0.993. The molecule has 2 heterocycles. The summed E-state index contributed by atoms with van der Waals surface area (Å²) < 4.78 is 15.5. The van der Waals surface area contributed by atoms with Crippen LogP contribution in [0.3, 0.4) is 0 Å². The summed E-state index contributed by atoms with van der Waals surface area (Å²) in [6.07, 6.45) is 1.64. The molecule has 2 rings (SSSR count). The van der Waals surface area contributed by atoms with Gasteiger partial charge < -0.3 is 18.9 Å². The Bertz CT molecular complexity index is 555. The number of rotatable bonds is 5. The molecule has 1 unspecified atom stereocenters. The number of aryl methyl sites for hydroxylation is 1. The van der Waals surface area contributed by atoms with E-state index in [0.717, 1.165) is 17.9 Å². The van der Waals surface area contributed by atoms with Gasteiger partial charge in [-0.05, 0) is 31.7 Å². The third-order valence-corrected chi connectivity index (χ3v) is 2.92. The Labute approximate surface area is 111 Å². The van der Waals surface area contributed by atoms with E-state index in [4.69, 9.17) is 8.83 Å². The zero-order chi connectivity index (χ0) is 13.8. The van der Waals surface area contributed by atoms with Crippen LogP contribution in [0.15, 0.2) is 33.3 Å².